The number of benzene rings is 2. The van der Waals surface area contributed by atoms with E-state index >= 15 is 0 Å². The fourth-order valence-corrected chi connectivity index (χ4v) is 3.46. The van der Waals surface area contributed by atoms with Crippen molar-refractivity contribution in [1.82, 2.24) is 4.90 Å². The molecule has 0 unspecified atom stereocenters. The van der Waals surface area contributed by atoms with Gasteiger partial charge < -0.3 is 4.74 Å². The normalized spacial score (nSPS) is 15.2. The van der Waals surface area contributed by atoms with E-state index in [0.717, 1.165) is 22.9 Å². The van der Waals surface area contributed by atoms with Crippen molar-refractivity contribution in [2.45, 2.75) is 19.4 Å². The van der Waals surface area contributed by atoms with E-state index in [0.29, 0.717) is 30.1 Å². The van der Waals surface area contributed by atoms with Crippen LogP contribution in [0.1, 0.15) is 24.0 Å². The van der Waals surface area contributed by atoms with Crippen LogP contribution in [0.5, 0.6) is 5.75 Å². The molecule has 0 aliphatic carbocycles. The SMILES string of the molecule is N#CCCCN1C(=O)S/C(=C\c2cccc(OCc3ccccc3)c2)C1=O. The number of nitrogens with zero attached hydrogens (tertiary/aromatic N) is 2. The second-order valence-electron chi connectivity index (χ2n) is 5.94. The van der Waals surface area contributed by atoms with Crippen molar-refractivity contribution in [2.75, 3.05) is 6.54 Å². The maximum absolute atomic E-state index is 12.4. The first kappa shape index (κ1) is 18.7. The van der Waals surface area contributed by atoms with Crippen molar-refractivity contribution >= 4 is 29.0 Å². The van der Waals surface area contributed by atoms with Crippen LogP contribution in [0.25, 0.3) is 6.08 Å². The third-order valence-corrected chi connectivity index (χ3v) is 4.86. The predicted octanol–water partition coefficient (Wildman–Crippen LogP) is 4.61. The third-order valence-electron chi connectivity index (χ3n) is 3.95. The molecule has 3 rings (SSSR count). The van der Waals surface area contributed by atoms with E-state index < -0.39 is 0 Å². The number of ether oxygens (including phenoxy) is 1. The van der Waals surface area contributed by atoms with Crippen LogP contribution in [-0.2, 0) is 11.4 Å². The quantitative estimate of drug-likeness (QED) is 0.520. The monoisotopic (exact) mass is 378 g/mol. The maximum Gasteiger partial charge on any atom is 0.293 e. The zero-order valence-corrected chi connectivity index (χ0v) is 15.4. The molecule has 2 aromatic rings. The molecule has 0 N–H and O–H groups in total. The fourth-order valence-electron chi connectivity index (χ4n) is 2.60. The Hall–Kier alpha value is -3.04. The minimum absolute atomic E-state index is 0.274. The van der Waals surface area contributed by atoms with Crippen LogP contribution in [0.15, 0.2) is 59.5 Å². The summed E-state index contributed by atoms with van der Waals surface area (Å²) in [5.74, 6) is 0.388. The first-order valence-corrected chi connectivity index (χ1v) is 9.38. The van der Waals surface area contributed by atoms with Crippen molar-refractivity contribution in [2.24, 2.45) is 0 Å². The molecule has 27 heavy (non-hydrogen) atoms. The molecular weight excluding hydrogens is 360 g/mol. The second-order valence-corrected chi connectivity index (χ2v) is 6.93. The van der Waals surface area contributed by atoms with Crippen molar-refractivity contribution in [3.63, 3.8) is 0 Å². The average molecular weight is 378 g/mol. The molecule has 5 nitrogen and oxygen atoms in total. The third kappa shape index (κ3) is 4.99. The number of hydrogen-bond acceptors (Lipinski definition) is 5. The zero-order valence-electron chi connectivity index (χ0n) is 14.6. The molecule has 0 saturated carbocycles. The van der Waals surface area contributed by atoms with E-state index in [4.69, 9.17) is 10.00 Å². The summed E-state index contributed by atoms with van der Waals surface area (Å²) in [5, 5.41) is 8.30. The lowest BCUT2D eigenvalue weighted by atomic mass is 10.2. The van der Waals surface area contributed by atoms with Gasteiger partial charge in [-0.15, -0.1) is 0 Å². The highest BCUT2D eigenvalue weighted by molar-refractivity contribution is 8.18. The van der Waals surface area contributed by atoms with Gasteiger partial charge in [0.15, 0.2) is 0 Å². The molecule has 1 aliphatic heterocycles. The molecular formula is C21H18N2O3S. The highest BCUT2D eigenvalue weighted by Crippen LogP contribution is 2.32. The summed E-state index contributed by atoms with van der Waals surface area (Å²) >= 11 is 0.926. The number of rotatable bonds is 7. The number of thioether (sulfide) groups is 1. The molecule has 136 valence electrons. The summed E-state index contributed by atoms with van der Waals surface area (Å²) in [6, 6.07) is 19.3. The largest absolute Gasteiger partial charge is 0.489 e. The maximum atomic E-state index is 12.4. The van der Waals surface area contributed by atoms with Crippen LogP contribution in [0, 0.1) is 11.3 Å². The molecule has 6 heteroatoms. The van der Waals surface area contributed by atoms with E-state index in [1.165, 1.54) is 4.90 Å². The summed E-state index contributed by atoms with van der Waals surface area (Å²) in [6.07, 6.45) is 2.51. The number of nitriles is 1. The molecule has 2 amide bonds. The minimum Gasteiger partial charge on any atom is -0.489 e. The molecule has 1 heterocycles. The number of carbonyl (C=O) groups is 2. The Morgan fingerprint density at radius 2 is 1.93 bits per heavy atom. The standard InChI is InChI=1S/C21H18N2O3S/c22-11-4-5-12-23-20(24)19(27-21(23)25)14-17-9-6-10-18(13-17)26-15-16-7-2-1-3-8-16/h1-3,6-10,13-14H,4-5,12,15H2/b19-14-. The van der Waals surface area contributed by atoms with Gasteiger partial charge in [0.2, 0.25) is 0 Å². The first-order valence-electron chi connectivity index (χ1n) is 8.56. The first-order chi connectivity index (χ1) is 13.2. The van der Waals surface area contributed by atoms with Crippen molar-refractivity contribution in [3.05, 3.63) is 70.6 Å². The predicted molar refractivity (Wildman–Crippen MR) is 105 cm³/mol. The lowest BCUT2D eigenvalue weighted by Crippen LogP contribution is -2.29. The van der Waals surface area contributed by atoms with Crippen LogP contribution in [0.3, 0.4) is 0 Å². The van der Waals surface area contributed by atoms with Crippen LogP contribution >= 0.6 is 11.8 Å². The molecule has 0 atom stereocenters. The van der Waals surface area contributed by atoms with Gasteiger partial charge in [0.1, 0.15) is 12.4 Å². The van der Waals surface area contributed by atoms with Gasteiger partial charge in [-0.2, -0.15) is 5.26 Å². The Bertz CT molecular complexity index is 903. The molecule has 0 spiro atoms. The van der Waals surface area contributed by atoms with Gasteiger partial charge in [-0.25, -0.2) is 0 Å². The highest BCUT2D eigenvalue weighted by Gasteiger charge is 2.34. The lowest BCUT2D eigenvalue weighted by molar-refractivity contribution is -0.122. The summed E-state index contributed by atoms with van der Waals surface area (Å²) in [6.45, 7) is 0.732. The van der Waals surface area contributed by atoms with Gasteiger partial charge in [-0.05, 0) is 47.5 Å². The van der Waals surface area contributed by atoms with Gasteiger partial charge in [0.25, 0.3) is 11.1 Å². The zero-order chi connectivity index (χ0) is 19.1. The van der Waals surface area contributed by atoms with Gasteiger partial charge in [-0.1, -0.05) is 42.5 Å². The van der Waals surface area contributed by atoms with Crippen molar-refractivity contribution < 1.29 is 14.3 Å². The van der Waals surface area contributed by atoms with Crippen LogP contribution < -0.4 is 4.74 Å². The van der Waals surface area contributed by atoms with Gasteiger partial charge in [0, 0.05) is 13.0 Å². The number of unbranched alkanes of at least 4 members (excludes halogenated alkanes) is 1. The molecule has 0 aromatic heterocycles. The smallest absolute Gasteiger partial charge is 0.293 e. The summed E-state index contributed by atoms with van der Waals surface area (Å²) < 4.78 is 5.80. The Morgan fingerprint density at radius 1 is 1.11 bits per heavy atom. The van der Waals surface area contributed by atoms with Gasteiger partial charge in [-0.3, -0.25) is 14.5 Å². The summed E-state index contributed by atoms with van der Waals surface area (Å²) in [5.41, 5.74) is 1.87. The Balaban J connectivity index is 1.67. The van der Waals surface area contributed by atoms with Crippen LogP contribution in [0.4, 0.5) is 4.79 Å². The molecule has 1 aliphatic rings. The van der Waals surface area contributed by atoms with Crippen LogP contribution in [0.2, 0.25) is 0 Å². The number of amides is 2. The summed E-state index contributed by atoms with van der Waals surface area (Å²) in [4.78, 5) is 26.0. The number of imide groups is 1. The van der Waals surface area contributed by atoms with Crippen molar-refractivity contribution in [3.8, 4) is 11.8 Å². The average Bonchev–Trinajstić information content (AvgIpc) is 2.95. The van der Waals surface area contributed by atoms with E-state index in [1.807, 2.05) is 60.7 Å². The molecule has 1 fully saturated rings. The number of carbonyl (C=O) groups excluding carboxylic acids is 2. The van der Waals surface area contributed by atoms with E-state index in [2.05, 4.69) is 0 Å². The van der Waals surface area contributed by atoms with Gasteiger partial charge >= 0.3 is 0 Å². The number of hydrogen-bond donors (Lipinski definition) is 0. The van der Waals surface area contributed by atoms with Crippen molar-refractivity contribution in [1.29, 1.82) is 5.26 Å². The highest BCUT2D eigenvalue weighted by atomic mass is 32.2. The molecule has 0 bridgehead atoms. The Morgan fingerprint density at radius 3 is 2.70 bits per heavy atom. The topological polar surface area (TPSA) is 70.4 Å². The van der Waals surface area contributed by atoms with E-state index in [-0.39, 0.29) is 17.7 Å². The van der Waals surface area contributed by atoms with Crippen LogP contribution in [-0.4, -0.2) is 22.6 Å². The summed E-state index contributed by atoms with van der Waals surface area (Å²) in [7, 11) is 0. The lowest BCUT2D eigenvalue weighted by Gasteiger charge is -2.10. The minimum atomic E-state index is -0.307. The second kappa shape index (κ2) is 9.06. The fraction of sp³-hybridized carbons (Fsp3) is 0.190. The molecule has 2 aromatic carbocycles. The van der Waals surface area contributed by atoms with E-state index in [9.17, 15) is 9.59 Å². The van der Waals surface area contributed by atoms with E-state index in [1.54, 1.807) is 6.08 Å². The Kier molecular flexibility index (Phi) is 6.29. The van der Waals surface area contributed by atoms with Gasteiger partial charge in [0.05, 0.1) is 11.0 Å². The Labute approximate surface area is 162 Å². The molecule has 0 radical (unpaired) electrons. The molecule has 1 saturated heterocycles.